The predicted octanol–water partition coefficient (Wildman–Crippen LogP) is 3.31. The molecule has 1 atom stereocenters. The summed E-state index contributed by atoms with van der Waals surface area (Å²) in [6.07, 6.45) is -3.14. The molecular formula is C27H36N2O5. The summed E-state index contributed by atoms with van der Waals surface area (Å²) in [6, 6.07) is 6.24. The molecule has 1 unspecified atom stereocenters. The van der Waals surface area contributed by atoms with Crippen molar-refractivity contribution in [1.82, 2.24) is 9.80 Å². The molecule has 1 heterocycles. The van der Waals surface area contributed by atoms with E-state index >= 15 is 0 Å². The second-order valence-corrected chi connectivity index (χ2v) is 8.08. The van der Waals surface area contributed by atoms with Crippen molar-refractivity contribution in [2.24, 2.45) is 0 Å². The van der Waals surface area contributed by atoms with Gasteiger partial charge in [0.2, 0.25) is 5.91 Å². The predicted molar refractivity (Wildman–Crippen MR) is 132 cm³/mol. The molecule has 0 saturated heterocycles. The van der Waals surface area contributed by atoms with Crippen molar-refractivity contribution in [3.05, 3.63) is 46.5 Å². The molecule has 4 rings (SSSR count). The number of aryl methyl sites for hydroxylation is 1. The molecule has 1 amide bonds. The first-order valence-electron chi connectivity index (χ1n) is 15.0. The van der Waals surface area contributed by atoms with Crippen LogP contribution in [0.4, 0.5) is 0 Å². The smallest absolute Gasteiger partial charge is 0.227 e. The molecule has 1 aliphatic heterocycles. The lowest BCUT2D eigenvalue weighted by Gasteiger charge is -2.34. The number of hydrogen-bond acceptors (Lipinski definition) is 6. The maximum absolute atomic E-state index is 13.3. The Labute approximate surface area is 213 Å². The molecule has 0 spiro atoms. The Morgan fingerprint density at radius 3 is 2.21 bits per heavy atom. The molecule has 0 radical (unpaired) electrons. The highest BCUT2D eigenvalue weighted by Gasteiger charge is 2.29. The fourth-order valence-electron chi connectivity index (χ4n) is 4.17. The molecule has 0 N–H and O–H groups in total. The normalized spacial score (nSPS) is 24.2. The van der Waals surface area contributed by atoms with E-state index in [1.54, 1.807) is 12.1 Å². The summed E-state index contributed by atoms with van der Waals surface area (Å²) in [6.45, 7) is -7.83. The Kier molecular flexibility index (Phi) is 4.93. The molecule has 1 aliphatic carbocycles. The highest BCUT2D eigenvalue weighted by Crippen LogP contribution is 2.42. The number of rotatable bonds is 10. The Bertz CT molecular complexity index is 1370. The van der Waals surface area contributed by atoms with Crippen LogP contribution >= 0.6 is 0 Å². The second kappa shape index (κ2) is 10.6. The van der Waals surface area contributed by atoms with Gasteiger partial charge < -0.3 is 28.7 Å². The number of ether oxygens (including phenoxy) is 4. The van der Waals surface area contributed by atoms with Gasteiger partial charge in [0.25, 0.3) is 0 Å². The summed E-state index contributed by atoms with van der Waals surface area (Å²) in [7, 11) is 7.07. The lowest BCUT2D eigenvalue weighted by atomic mass is 9.77. The number of nitrogens with zero attached hydrogens (tertiary/aromatic N) is 2. The first kappa shape index (κ1) is 15.9. The van der Waals surface area contributed by atoms with Gasteiger partial charge in [-0.15, -0.1) is 0 Å². The summed E-state index contributed by atoms with van der Waals surface area (Å²) in [4.78, 5) is 15.0. The summed E-state index contributed by atoms with van der Waals surface area (Å²) < 4.78 is 91.2. The minimum Gasteiger partial charge on any atom is -0.493 e. The van der Waals surface area contributed by atoms with Gasteiger partial charge in [-0.05, 0) is 79.3 Å². The van der Waals surface area contributed by atoms with E-state index in [1.807, 2.05) is 0 Å². The molecule has 184 valence electrons. The van der Waals surface area contributed by atoms with Gasteiger partial charge >= 0.3 is 0 Å². The first-order valence-corrected chi connectivity index (χ1v) is 11.0. The van der Waals surface area contributed by atoms with E-state index in [4.69, 9.17) is 29.9 Å². The molecule has 0 bridgehead atoms. The highest BCUT2D eigenvalue weighted by atomic mass is 16.5. The van der Waals surface area contributed by atoms with Crippen LogP contribution in [-0.2, 0) is 24.0 Å². The molecule has 0 fully saturated rings. The highest BCUT2D eigenvalue weighted by molar-refractivity contribution is 5.80. The van der Waals surface area contributed by atoms with Crippen molar-refractivity contribution >= 4 is 5.91 Å². The summed E-state index contributed by atoms with van der Waals surface area (Å²) >= 11 is 0. The van der Waals surface area contributed by atoms with Crippen LogP contribution in [0.15, 0.2) is 24.3 Å². The van der Waals surface area contributed by atoms with Crippen LogP contribution < -0.4 is 18.9 Å². The molecule has 2 aliphatic rings. The van der Waals surface area contributed by atoms with E-state index in [9.17, 15) is 4.79 Å². The maximum atomic E-state index is 13.3. The number of hydrogen-bond donors (Lipinski definition) is 0. The first-order chi connectivity index (χ1) is 19.5. The topological polar surface area (TPSA) is 60.5 Å². The lowest BCUT2D eigenvalue weighted by Crippen LogP contribution is -2.36. The summed E-state index contributed by atoms with van der Waals surface area (Å²) in [5, 5.41) is 0. The molecule has 2 aromatic rings. The molecule has 7 heteroatoms. The third-order valence-electron chi connectivity index (χ3n) is 6.06. The second-order valence-electron chi connectivity index (χ2n) is 8.08. The van der Waals surface area contributed by atoms with Gasteiger partial charge in [-0.2, -0.15) is 0 Å². The van der Waals surface area contributed by atoms with Crippen LogP contribution in [0.2, 0.25) is 0 Å². The number of amides is 1. The SMILES string of the molecule is [2H]C([2H])(CCN1C(=O)Cc2cc(OC)c(OC)cc2C([2H])([2H])C1([2H])[2H])N(C)C([2H])([2H])C1Cc2cc(OC)c(OC)cc21. The fourth-order valence-corrected chi connectivity index (χ4v) is 4.17. The average molecular weight is 477 g/mol. The fraction of sp³-hybridized carbons (Fsp3) is 0.519. The van der Waals surface area contributed by atoms with E-state index in [1.165, 1.54) is 47.6 Å². The zero-order chi connectivity index (χ0) is 31.4. The molecule has 34 heavy (non-hydrogen) atoms. The number of fused-ring (bicyclic) bond motifs is 2. The van der Waals surface area contributed by atoms with E-state index in [0.29, 0.717) is 28.4 Å². The third-order valence-corrected chi connectivity index (χ3v) is 6.06. The van der Waals surface area contributed by atoms with E-state index in [-0.39, 0.29) is 29.0 Å². The minimum atomic E-state index is -2.86. The van der Waals surface area contributed by atoms with Gasteiger partial charge in [0.05, 0.1) is 34.9 Å². The zero-order valence-corrected chi connectivity index (χ0v) is 20.2. The lowest BCUT2D eigenvalue weighted by molar-refractivity contribution is -0.130. The van der Waals surface area contributed by atoms with Crippen LogP contribution in [0.25, 0.3) is 0 Å². The van der Waals surface area contributed by atoms with Gasteiger partial charge in [0, 0.05) is 36.4 Å². The quantitative estimate of drug-likeness (QED) is 0.524. The van der Waals surface area contributed by atoms with E-state index in [0.717, 1.165) is 10.5 Å². The number of methoxy groups -OCH3 is 4. The van der Waals surface area contributed by atoms with Crippen LogP contribution in [0, 0.1) is 0 Å². The van der Waals surface area contributed by atoms with Crippen molar-refractivity contribution in [2.45, 2.75) is 31.6 Å². The van der Waals surface area contributed by atoms with Crippen molar-refractivity contribution < 1.29 is 34.7 Å². The standard InChI is InChI=1S/C27H36N2O5/c1-28(17-21-11-20-14-25(33-4)26(34-5)16-22(20)21)8-6-9-29-10-7-18-12-23(31-2)24(32-3)13-19(18)15-27(29)30/h12-14,16,21H,6-11,15,17H2,1-5H3/i7D2,8D2,10D2,17D2. The number of likely N-dealkylation sites (N-methyl/N-ethyl adjacent to an activating group) is 1. The molecule has 0 aromatic heterocycles. The Morgan fingerprint density at radius 2 is 1.56 bits per heavy atom. The largest absolute Gasteiger partial charge is 0.493 e. The summed E-state index contributed by atoms with van der Waals surface area (Å²) in [5.74, 6) is 0.00916. The van der Waals surface area contributed by atoms with Gasteiger partial charge in [-0.25, -0.2) is 0 Å². The summed E-state index contributed by atoms with van der Waals surface area (Å²) in [5.41, 5.74) is 1.72. The van der Waals surface area contributed by atoms with Gasteiger partial charge in [-0.1, -0.05) is 0 Å². The minimum absolute atomic E-state index is 0.0619. The van der Waals surface area contributed by atoms with Crippen molar-refractivity contribution in [1.29, 1.82) is 0 Å². The van der Waals surface area contributed by atoms with Gasteiger partial charge in [-0.3, -0.25) is 4.79 Å². The van der Waals surface area contributed by atoms with Crippen molar-refractivity contribution in [3.8, 4) is 23.0 Å². The van der Waals surface area contributed by atoms with Crippen molar-refractivity contribution in [3.63, 3.8) is 0 Å². The number of carbonyl (C=O) groups excluding carboxylic acids is 1. The monoisotopic (exact) mass is 476 g/mol. The van der Waals surface area contributed by atoms with Gasteiger partial charge in [0.15, 0.2) is 23.0 Å². The molecular weight excluding hydrogens is 432 g/mol. The Balaban J connectivity index is 1.58. The molecule has 0 saturated carbocycles. The van der Waals surface area contributed by atoms with Crippen molar-refractivity contribution in [2.75, 3.05) is 61.5 Å². The van der Waals surface area contributed by atoms with Crippen LogP contribution in [-0.4, -0.2) is 77.2 Å². The van der Waals surface area contributed by atoms with E-state index < -0.39 is 50.7 Å². The van der Waals surface area contributed by atoms with Gasteiger partial charge in [0.1, 0.15) is 0 Å². The number of carbonyl (C=O) groups is 1. The van der Waals surface area contributed by atoms with E-state index in [2.05, 4.69) is 0 Å². The van der Waals surface area contributed by atoms with Crippen LogP contribution in [0.3, 0.4) is 0 Å². The maximum Gasteiger partial charge on any atom is 0.227 e. The zero-order valence-electron chi connectivity index (χ0n) is 28.2. The Morgan fingerprint density at radius 1 is 0.971 bits per heavy atom. The molecule has 7 nitrogen and oxygen atoms in total. The van der Waals surface area contributed by atoms with Crippen LogP contribution in [0.1, 0.15) is 45.6 Å². The average Bonchev–Trinajstić information content (AvgIpc) is 2.96. The molecule has 2 aromatic carbocycles. The Hall–Kier alpha value is -2.93. The third kappa shape index (κ3) is 4.94. The van der Waals surface area contributed by atoms with Crippen LogP contribution in [0.5, 0.6) is 23.0 Å². The number of benzene rings is 2.